The molecule has 3 rings (SSSR count). The van der Waals surface area contributed by atoms with Crippen LogP contribution in [-0.4, -0.2) is 43.6 Å². The van der Waals surface area contributed by atoms with Crippen molar-refractivity contribution in [3.8, 4) is 0 Å². The molecule has 164 valence electrons. The highest BCUT2D eigenvalue weighted by atomic mass is 28.3. The maximum atomic E-state index is 6.84. The molecule has 2 fully saturated rings. The molecule has 29 heavy (non-hydrogen) atoms. The van der Waals surface area contributed by atoms with Crippen molar-refractivity contribution < 1.29 is 8.85 Å². The van der Waals surface area contributed by atoms with E-state index < -0.39 is 9.28 Å². The topological polar surface area (TPSA) is 42.5 Å². The number of hydrogen-bond donors (Lipinski definition) is 2. The van der Waals surface area contributed by atoms with Crippen LogP contribution in [0.15, 0.2) is 30.3 Å². The molecular weight excluding hydrogens is 376 g/mol. The van der Waals surface area contributed by atoms with Gasteiger partial charge in [-0.1, -0.05) is 30.3 Å². The maximum Gasteiger partial charge on any atom is 0.356 e. The molecule has 0 amide bonds. The first-order valence-corrected chi connectivity index (χ1v) is 12.7. The van der Waals surface area contributed by atoms with E-state index in [2.05, 4.69) is 96.4 Å². The molecule has 2 saturated heterocycles. The molecule has 1 aromatic rings. The molecule has 0 radical (unpaired) electrons. The molecule has 0 spiro atoms. The molecule has 4 nitrogen and oxygen atoms in total. The molecule has 0 aliphatic carbocycles. The fraction of sp³-hybridized carbons (Fsp3) is 0.750. The van der Waals surface area contributed by atoms with Gasteiger partial charge in [0, 0.05) is 22.2 Å². The van der Waals surface area contributed by atoms with Gasteiger partial charge in [-0.05, 0) is 86.3 Å². The Labute approximate surface area is 180 Å². The zero-order chi connectivity index (χ0) is 21.5. The van der Waals surface area contributed by atoms with Crippen LogP contribution in [0.5, 0.6) is 0 Å². The van der Waals surface area contributed by atoms with Crippen molar-refractivity contribution in [2.24, 2.45) is 0 Å². The lowest BCUT2D eigenvalue weighted by Gasteiger charge is -2.48. The minimum atomic E-state index is -2.03. The lowest BCUT2D eigenvalue weighted by Crippen LogP contribution is -2.62. The predicted octanol–water partition coefficient (Wildman–Crippen LogP) is 3.77. The van der Waals surface area contributed by atoms with E-state index in [4.69, 9.17) is 8.85 Å². The van der Waals surface area contributed by atoms with E-state index in [1.807, 2.05) is 0 Å². The van der Waals surface area contributed by atoms with Crippen molar-refractivity contribution in [1.82, 2.24) is 10.6 Å². The van der Waals surface area contributed by atoms with Crippen LogP contribution in [-0.2, 0) is 8.85 Å². The molecule has 2 aliphatic rings. The SMILES string of the molecule is CC1(C)CC(O[SiH](OC2CC(C)(C)NC(C)(C)C2)c2ccccc2)CC(C)(C)N1. The van der Waals surface area contributed by atoms with Crippen LogP contribution >= 0.6 is 0 Å². The third kappa shape index (κ3) is 6.63. The van der Waals surface area contributed by atoms with E-state index in [0.29, 0.717) is 0 Å². The fourth-order valence-electron chi connectivity index (χ4n) is 5.80. The number of nitrogens with one attached hydrogen (secondary N) is 2. The van der Waals surface area contributed by atoms with Gasteiger partial charge >= 0.3 is 9.28 Å². The van der Waals surface area contributed by atoms with Gasteiger partial charge in [0.05, 0.1) is 12.2 Å². The van der Waals surface area contributed by atoms with Crippen molar-refractivity contribution in [2.45, 2.75) is 115 Å². The van der Waals surface area contributed by atoms with Crippen LogP contribution in [0.2, 0.25) is 0 Å². The van der Waals surface area contributed by atoms with E-state index in [-0.39, 0.29) is 34.4 Å². The van der Waals surface area contributed by atoms with E-state index >= 15 is 0 Å². The second-order valence-corrected chi connectivity index (χ2v) is 13.7. The zero-order valence-corrected chi connectivity index (χ0v) is 20.9. The molecule has 0 unspecified atom stereocenters. The second kappa shape index (κ2) is 8.08. The minimum Gasteiger partial charge on any atom is -0.390 e. The fourth-order valence-corrected chi connectivity index (χ4v) is 7.80. The van der Waals surface area contributed by atoms with E-state index in [1.165, 1.54) is 5.19 Å². The summed E-state index contributed by atoms with van der Waals surface area (Å²) in [5, 5.41) is 8.77. The molecular formula is C24H42N2O2Si. The van der Waals surface area contributed by atoms with E-state index in [1.54, 1.807) is 0 Å². The van der Waals surface area contributed by atoms with E-state index in [0.717, 1.165) is 25.7 Å². The first kappa shape index (κ1) is 23.0. The summed E-state index contributed by atoms with van der Waals surface area (Å²) in [6.07, 6.45) is 4.50. The van der Waals surface area contributed by atoms with Gasteiger partial charge in [-0.2, -0.15) is 0 Å². The smallest absolute Gasteiger partial charge is 0.356 e. The highest BCUT2D eigenvalue weighted by molar-refractivity contribution is 6.61. The van der Waals surface area contributed by atoms with Gasteiger partial charge < -0.3 is 19.5 Å². The van der Waals surface area contributed by atoms with Crippen molar-refractivity contribution in [3.63, 3.8) is 0 Å². The first-order valence-electron chi connectivity index (χ1n) is 11.2. The molecule has 0 saturated carbocycles. The molecule has 2 heterocycles. The minimum absolute atomic E-state index is 0.0702. The summed E-state index contributed by atoms with van der Waals surface area (Å²) in [4.78, 5) is 0. The highest BCUT2D eigenvalue weighted by Crippen LogP contribution is 2.33. The summed E-state index contributed by atoms with van der Waals surface area (Å²) in [6.45, 7) is 18.2. The Morgan fingerprint density at radius 1 is 0.655 bits per heavy atom. The normalized spacial score (nSPS) is 26.5. The van der Waals surface area contributed by atoms with Gasteiger partial charge in [0.15, 0.2) is 0 Å². The Hall–Kier alpha value is -0.723. The summed E-state index contributed by atoms with van der Waals surface area (Å²) in [7, 11) is -2.03. The van der Waals surface area contributed by atoms with Crippen LogP contribution in [0.3, 0.4) is 0 Å². The largest absolute Gasteiger partial charge is 0.390 e. The standard InChI is InChI=1S/C24H42N2O2Si/c1-21(2)14-18(15-22(3,4)25-21)27-29(20-12-10-9-11-13-20)28-19-16-23(5,6)26-24(7,8)17-19/h9-13,18-19,25-26,29H,14-17H2,1-8H3. The molecule has 2 aliphatic heterocycles. The van der Waals surface area contributed by atoms with Crippen LogP contribution < -0.4 is 15.8 Å². The summed E-state index contributed by atoms with van der Waals surface area (Å²) in [6, 6.07) is 10.7. The van der Waals surface area contributed by atoms with Crippen LogP contribution in [0.1, 0.15) is 81.1 Å². The third-order valence-corrected chi connectivity index (χ3v) is 8.20. The lowest BCUT2D eigenvalue weighted by atomic mass is 9.81. The zero-order valence-electron chi connectivity index (χ0n) is 19.8. The van der Waals surface area contributed by atoms with Crippen molar-refractivity contribution in [2.75, 3.05) is 0 Å². The molecule has 2 N–H and O–H groups in total. The van der Waals surface area contributed by atoms with Crippen LogP contribution in [0.4, 0.5) is 0 Å². The third-order valence-electron chi connectivity index (χ3n) is 6.01. The predicted molar refractivity (Wildman–Crippen MR) is 124 cm³/mol. The number of piperidine rings is 2. The van der Waals surface area contributed by atoms with E-state index in [9.17, 15) is 0 Å². The van der Waals surface area contributed by atoms with Gasteiger partial charge in [0.2, 0.25) is 0 Å². The molecule has 1 aromatic carbocycles. The van der Waals surface area contributed by atoms with Gasteiger partial charge in [0.1, 0.15) is 0 Å². The summed E-state index contributed by atoms with van der Waals surface area (Å²) in [5.74, 6) is 0. The number of benzene rings is 1. The summed E-state index contributed by atoms with van der Waals surface area (Å²) < 4.78 is 13.7. The van der Waals surface area contributed by atoms with Crippen molar-refractivity contribution in [1.29, 1.82) is 0 Å². The van der Waals surface area contributed by atoms with Gasteiger partial charge in [-0.3, -0.25) is 0 Å². The monoisotopic (exact) mass is 418 g/mol. The quantitative estimate of drug-likeness (QED) is 0.715. The first-order chi connectivity index (χ1) is 13.2. The lowest BCUT2D eigenvalue weighted by molar-refractivity contribution is 0.00626. The van der Waals surface area contributed by atoms with Crippen LogP contribution in [0, 0.1) is 0 Å². The van der Waals surface area contributed by atoms with Gasteiger partial charge in [0.25, 0.3) is 0 Å². The average molecular weight is 419 g/mol. The Kier molecular flexibility index (Phi) is 6.40. The second-order valence-electron chi connectivity index (χ2n) is 11.9. The number of rotatable bonds is 5. The van der Waals surface area contributed by atoms with Crippen molar-refractivity contribution in [3.05, 3.63) is 30.3 Å². The summed E-state index contributed by atoms with van der Waals surface area (Å²) in [5.41, 5.74) is 0.281. The highest BCUT2D eigenvalue weighted by Gasteiger charge is 2.42. The van der Waals surface area contributed by atoms with Gasteiger partial charge in [-0.15, -0.1) is 0 Å². The molecule has 0 aromatic heterocycles. The number of hydrogen-bond acceptors (Lipinski definition) is 4. The van der Waals surface area contributed by atoms with Gasteiger partial charge in [-0.25, -0.2) is 0 Å². The van der Waals surface area contributed by atoms with Crippen molar-refractivity contribution >= 4 is 14.5 Å². The Balaban J connectivity index is 1.79. The maximum absolute atomic E-state index is 6.84. The molecule has 0 bridgehead atoms. The molecule has 5 heteroatoms. The Morgan fingerprint density at radius 2 is 1.00 bits per heavy atom. The Morgan fingerprint density at radius 3 is 1.34 bits per heavy atom. The molecule has 0 atom stereocenters. The summed E-state index contributed by atoms with van der Waals surface area (Å²) >= 11 is 0. The van der Waals surface area contributed by atoms with Crippen LogP contribution in [0.25, 0.3) is 0 Å². The Bertz CT molecular complexity index is 615. The average Bonchev–Trinajstić information content (AvgIpc) is 2.49.